The molecule has 1 amide bonds. The van der Waals surface area contributed by atoms with Crippen LogP contribution in [0.5, 0.6) is 0 Å². The maximum Gasteiger partial charge on any atom is 0.406 e. The SMILES string of the molecule is CCC(CNC(=O)OC)c1cccc(Br)c1. The average molecular weight is 286 g/mol. The third-order valence-corrected chi connectivity index (χ3v) is 2.98. The quantitative estimate of drug-likeness (QED) is 0.922. The predicted octanol–water partition coefficient (Wildman–Crippen LogP) is 3.30. The third-order valence-electron chi connectivity index (χ3n) is 2.49. The Morgan fingerprint density at radius 3 is 2.88 bits per heavy atom. The zero-order valence-corrected chi connectivity index (χ0v) is 11.1. The summed E-state index contributed by atoms with van der Waals surface area (Å²) in [7, 11) is 1.37. The number of ether oxygens (including phenoxy) is 1. The lowest BCUT2D eigenvalue weighted by molar-refractivity contribution is 0.170. The van der Waals surface area contributed by atoms with E-state index >= 15 is 0 Å². The summed E-state index contributed by atoms with van der Waals surface area (Å²) in [6.45, 7) is 2.70. The van der Waals surface area contributed by atoms with E-state index in [2.05, 4.69) is 45.0 Å². The first kappa shape index (κ1) is 13.0. The molecule has 0 spiro atoms. The fourth-order valence-electron chi connectivity index (χ4n) is 1.54. The Morgan fingerprint density at radius 1 is 1.56 bits per heavy atom. The van der Waals surface area contributed by atoms with Crippen molar-refractivity contribution in [2.45, 2.75) is 19.3 Å². The number of methoxy groups -OCH3 is 1. The van der Waals surface area contributed by atoms with Crippen LogP contribution in [0.15, 0.2) is 28.7 Å². The highest BCUT2D eigenvalue weighted by Gasteiger charge is 2.11. The lowest BCUT2D eigenvalue weighted by Crippen LogP contribution is -2.27. The van der Waals surface area contributed by atoms with Gasteiger partial charge in [-0.15, -0.1) is 0 Å². The maximum absolute atomic E-state index is 11.0. The molecule has 88 valence electrons. The zero-order valence-electron chi connectivity index (χ0n) is 9.50. The van der Waals surface area contributed by atoms with Gasteiger partial charge in [-0.3, -0.25) is 0 Å². The topological polar surface area (TPSA) is 38.3 Å². The number of carbonyl (C=O) groups is 1. The first-order valence-corrected chi connectivity index (χ1v) is 6.04. The number of amides is 1. The fraction of sp³-hybridized carbons (Fsp3) is 0.417. The number of rotatable bonds is 4. The Labute approximate surface area is 104 Å². The molecule has 0 saturated carbocycles. The summed E-state index contributed by atoms with van der Waals surface area (Å²) in [6.07, 6.45) is 0.592. The van der Waals surface area contributed by atoms with Crippen molar-refractivity contribution >= 4 is 22.0 Å². The minimum atomic E-state index is -0.381. The van der Waals surface area contributed by atoms with Gasteiger partial charge in [-0.2, -0.15) is 0 Å². The molecule has 1 aromatic carbocycles. The van der Waals surface area contributed by atoms with Crippen LogP contribution < -0.4 is 5.32 Å². The number of alkyl carbamates (subject to hydrolysis) is 1. The Kier molecular flexibility index (Phi) is 5.32. The molecule has 1 N–H and O–H groups in total. The summed E-state index contributed by atoms with van der Waals surface area (Å²) in [6, 6.07) is 8.13. The molecule has 1 atom stereocenters. The van der Waals surface area contributed by atoms with Crippen LogP contribution >= 0.6 is 15.9 Å². The van der Waals surface area contributed by atoms with Crippen molar-refractivity contribution in [2.24, 2.45) is 0 Å². The monoisotopic (exact) mass is 285 g/mol. The van der Waals surface area contributed by atoms with E-state index in [0.717, 1.165) is 10.9 Å². The average Bonchev–Trinajstić information content (AvgIpc) is 2.29. The highest BCUT2D eigenvalue weighted by molar-refractivity contribution is 9.10. The Bertz CT molecular complexity index is 355. The number of nitrogens with one attached hydrogen (secondary N) is 1. The molecule has 0 aliphatic heterocycles. The summed E-state index contributed by atoms with van der Waals surface area (Å²) in [5, 5.41) is 2.72. The van der Waals surface area contributed by atoms with E-state index in [1.165, 1.54) is 12.7 Å². The number of benzene rings is 1. The van der Waals surface area contributed by atoms with Crippen LogP contribution in [0.25, 0.3) is 0 Å². The van der Waals surface area contributed by atoms with Crippen LogP contribution in [0, 0.1) is 0 Å². The van der Waals surface area contributed by atoms with Crippen LogP contribution in [0.3, 0.4) is 0 Å². The number of halogens is 1. The van der Waals surface area contributed by atoms with Crippen molar-refractivity contribution in [2.75, 3.05) is 13.7 Å². The lowest BCUT2D eigenvalue weighted by Gasteiger charge is -2.15. The minimum absolute atomic E-state index is 0.316. The van der Waals surface area contributed by atoms with Crippen LogP contribution in [0.1, 0.15) is 24.8 Å². The number of hydrogen-bond acceptors (Lipinski definition) is 2. The van der Waals surface area contributed by atoms with Crippen LogP contribution in [-0.4, -0.2) is 19.7 Å². The van der Waals surface area contributed by atoms with Gasteiger partial charge in [0.2, 0.25) is 0 Å². The Hall–Kier alpha value is -1.03. The highest BCUT2D eigenvalue weighted by Crippen LogP contribution is 2.22. The van der Waals surface area contributed by atoms with Gasteiger partial charge in [0.15, 0.2) is 0 Å². The van der Waals surface area contributed by atoms with Gasteiger partial charge in [0.1, 0.15) is 0 Å². The van der Waals surface area contributed by atoms with Crippen molar-refractivity contribution in [1.82, 2.24) is 5.32 Å². The highest BCUT2D eigenvalue weighted by atomic mass is 79.9. The van der Waals surface area contributed by atoms with Gasteiger partial charge in [-0.25, -0.2) is 4.79 Å². The summed E-state index contributed by atoms with van der Waals surface area (Å²) < 4.78 is 5.60. The van der Waals surface area contributed by atoms with Gasteiger partial charge in [-0.05, 0) is 24.1 Å². The molecule has 0 bridgehead atoms. The van der Waals surface area contributed by atoms with Crippen LogP contribution in [0.2, 0.25) is 0 Å². The molecule has 0 saturated heterocycles. The van der Waals surface area contributed by atoms with Crippen LogP contribution in [0.4, 0.5) is 4.79 Å². The molecule has 0 aliphatic rings. The van der Waals surface area contributed by atoms with Gasteiger partial charge in [0.05, 0.1) is 7.11 Å². The minimum Gasteiger partial charge on any atom is -0.453 e. The van der Waals surface area contributed by atoms with E-state index in [-0.39, 0.29) is 6.09 Å². The molecular formula is C12H16BrNO2. The van der Waals surface area contributed by atoms with Gasteiger partial charge in [0, 0.05) is 16.9 Å². The van der Waals surface area contributed by atoms with Crippen molar-refractivity contribution < 1.29 is 9.53 Å². The molecule has 1 unspecified atom stereocenters. The Morgan fingerprint density at radius 2 is 2.31 bits per heavy atom. The normalized spacial score (nSPS) is 11.9. The molecule has 3 nitrogen and oxygen atoms in total. The molecule has 1 rings (SSSR count). The van der Waals surface area contributed by atoms with Crippen molar-refractivity contribution in [3.63, 3.8) is 0 Å². The van der Waals surface area contributed by atoms with Gasteiger partial charge < -0.3 is 10.1 Å². The second-order valence-corrected chi connectivity index (χ2v) is 4.45. The summed E-state index contributed by atoms with van der Waals surface area (Å²) in [5.41, 5.74) is 1.22. The van der Waals surface area contributed by atoms with Crippen molar-refractivity contribution in [1.29, 1.82) is 0 Å². The summed E-state index contributed by atoms with van der Waals surface area (Å²) in [5.74, 6) is 0.316. The van der Waals surface area contributed by atoms with E-state index < -0.39 is 0 Å². The first-order valence-electron chi connectivity index (χ1n) is 5.24. The number of carbonyl (C=O) groups excluding carboxylic acids is 1. The molecule has 0 aliphatic carbocycles. The van der Waals surface area contributed by atoms with Crippen molar-refractivity contribution in [3.8, 4) is 0 Å². The maximum atomic E-state index is 11.0. The fourth-order valence-corrected chi connectivity index (χ4v) is 1.95. The molecule has 0 fully saturated rings. The van der Waals surface area contributed by atoms with E-state index in [1.807, 2.05) is 12.1 Å². The van der Waals surface area contributed by atoms with Gasteiger partial charge in [-0.1, -0.05) is 35.0 Å². The smallest absolute Gasteiger partial charge is 0.406 e. The molecule has 16 heavy (non-hydrogen) atoms. The molecular weight excluding hydrogens is 270 g/mol. The number of hydrogen-bond donors (Lipinski definition) is 1. The summed E-state index contributed by atoms with van der Waals surface area (Å²) in [4.78, 5) is 11.0. The largest absolute Gasteiger partial charge is 0.453 e. The second-order valence-electron chi connectivity index (χ2n) is 3.53. The van der Waals surface area contributed by atoms with Gasteiger partial charge in [0.25, 0.3) is 0 Å². The van der Waals surface area contributed by atoms with Gasteiger partial charge >= 0.3 is 6.09 Å². The van der Waals surface area contributed by atoms with E-state index in [0.29, 0.717) is 12.5 Å². The second kappa shape index (κ2) is 6.53. The summed E-state index contributed by atoms with van der Waals surface area (Å²) >= 11 is 3.44. The Balaban J connectivity index is 2.64. The predicted molar refractivity (Wildman–Crippen MR) is 67.6 cm³/mol. The third kappa shape index (κ3) is 3.85. The van der Waals surface area contributed by atoms with E-state index in [4.69, 9.17) is 0 Å². The van der Waals surface area contributed by atoms with E-state index in [9.17, 15) is 4.79 Å². The molecule has 0 radical (unpaired) electrons. The van der Waals surface area contributed by atoms with Crippen molar-refractivity contribution in [3.05, 3.63) is 34.3 Å². The zero-order chi connectivity index (χ0) is 12.0. The molecule has 0 aromatic heterocycles. The van der Waals surface area contributed by atoms with E-state index in [1.54, 1.807) is 0 Å². The molecule has 1 aromatic rings. The molecule has 4 heteroatoms. The van der Waals surface area contributed by atoms with Crippen LogP contribution in [-0.2, 0) is 4.74 Å². The standard InChI is InChI=1S/C12H16BrNO2/c1-3-9(8-14-12(15)16-2)10-5-4-6-11(13)7-10/h4-7,9H,3,8H2,1-2H3,(H,14,15). The lowest BCUT2D eigenvalue weighted by atomic mass is 9.97. The molecule has 0 heterocycles. The first-order chi connectivity index (χ1) is 7.67.